The minimum atomic E-state index is -0.682. The molecule has 2 aliphatic heterocycles. The molecule has 0 N–H and O–H groups in total. The van der Waals surface area contributed by atoms with E-state index in [0.717, 1.165) is 11.3 Å². The summed E-state index contributed by atoms with van der Waals surface area (Å²) < 4.78 is 40.9. The first-order chi connectivity index (χ1) is 19.6. The zero-order valence-electron chi connectivity index (χ0n) is 25.0. The van der Waals surface area contributed by atoms with Crippen LogP contribution < -0.4 is 14.2 Å². The topological polar surface area (TPSA) is 81.7 Å². The molecule has 41 heavy (non-hydrogen) atoms. The second-order valence-corrected chi connectivity index (χ2v) is 11.1. The highest BCUT2D eigenvalue weighted by Crippen LogP contribution is 2.36. The van der Waals surface area contributed by atoms with Crippen molar-refractivity contribution in [1.29, 1.82) is 0 Å². The fraction of sp³-hybridized carbons (Fsp3) is 0.485. The number of fused-ring (bicyclic) bond motifs is 2. The molecule has 1 fully saturated rings. The summed E-state index contributed by atoms with van der Waals surface area (Å²) >= 11 is 0. The van der Waals surface area contributed by atoms with Crippen molar-refractivity contribution >= 4 is 12.0 Å². The van der Waals surface area contributed by atoms with E-state index in [2.05, 4.69) is 19.1 Å². The van der Waals surface area contributed by atoms with Crippen LogP contribution in [0.4, 0.5) is 0 Å². The molecule has 0 bridgehead atoms. The van der Waals surface area contributed by atoms with Gasteiger partial charge in [-0.15, -0.1) is 0 Å². The number of rotatable bonds is 7. The summed E-state index contributed by atoms with van der Waals surface area (Å²) in [6, 6.07) is 11.2. The van der Waals surface area contributed by atoms with Crippen LogP contribution in [0.3, 0.4) is 0 Å². The smallest absolute Gasteiger partial charge is 0.342 e. The predicted molar refractivity (Wildman–Crippen MR) is 156 cm³/mol. The maximum atomic E-state index is 13.6. The minimum Gasteiger partial charge on any atom is -0.497 e. The Balaban J connectivity index is 1.71. The molecular formula is C33H42O8. The van der Waals surface area contributed by atoms with Crippen LogP contribution in [-0.2, 0) is 25.6 Å². The molecular weight excluding hydrogens is 524 g/mol. The highest BCUT2D eigenvalue weighted by molar-refractivity contribution is 5.97. The molecule has 2 aliphatic rings. The molecule has 5 atom stereocenters. The SMILES string of the molecule is COCOc1cc(OCc2ccc(OC)cc2)cc2c1C(=O)O[C@@H](C)[C@H](C)/C=C\C(C)[C@H]1OC(C)(C)O[C@H]1C/C=C/2. The van der Waals surface area contributed by atoms with Gasteiger partial charge in [0.25, 0.3) is 0 Å². The van der Waals surface area contributed by atoms with Crippen LogP contribution in [-0.4, -0.2) is 51.1 Å². The third kappa shape index (κ3) is 7.91. The van der Waals surface area contributed by atoms with Gasteiger partial charge in [0, 0.05) is 25.0 Å². The monoisotopic (exact) mass is 566 g/mol. The van der Waals surface area contributed by atoms with Crippen LogP contribution in [0.1, 0.15) is 62.5 Å². The van der Waals surface area contributed by atoms with E-state index in [9.17, 15) is 4.79 Å². The first-order valence-corrected chi connectivity index (χ1v) is 14.1. The van der Waals surface area contributed by atoms with Crippen molar-refractivity contribution in [2.75, 3.05) is 21.0 Å². The second kappa shape index (κ2) is 13.6. The number of carbonyl (C=O) groups is 1. The maximum absolute atomic E-state index is 13.6. The van der Waals surface area contributed by atoms with E-state index in [1.165, 1.54) is 7.11 Å². The van der Waals surface area contributed by atoms with E-state index in [1.807, 2.05) is 70.2 Å². The van der Waals surface area contributed by atoms with Gasteiger partial charge < -0.3 is 33.2 Å². The van der Waals surface area contributed by atoms with Crippen molar-refractivity contribution in [3.05, 3.63) is 71.3 Å². The number of hydrogen-bond donors (Lipinski definition) is 0. The first-order valence-electron chi connectivity index (χ1n) is 14.1. The Morgan fingerprint density at radius 2 is 1.66 bits per heavy atom. The maximum Gasteiger partial charge on any atom is 0.342 e. The van der Waals surface area contributed by atoms with Crippen molar-refractivity contribution in [3.63, 3.8) is 0 Å². The fourth-order valence-corrected chi connectivity index (χ4v) is 4.94. The normalized spacial score (nSPS) is 27.5. The van der Waals surface area contributed by atoms with Crippen LogP contribution in [0.5, 0.6) is 17.2 Å². The van der Waals surface area contributed by atoms with E-state index in [1.54, 1.807) is 13.2 Å². The van der Waals surface area contributed by atoms with Crippen LogP contribution in [0.15, 0.2) is 54.6 Å². The van der Waals surface area contributed by atoms with Gasteiger partial charge in [-0.2, -0.15) is 0 Å². The van der Waals surface area contributed by atoms with E-state index >= 15 is 0 Å². The number of ether oxygens (including phenoxy) is 7. The Morgan fingerprint density at radius 1 is 0.927 bits per heavy atom. The summed E-state index contributed by atoms with van der Waals surface area (Å²) in [4.78, 5) is 13.6. The van der Waals surface area contributed by atoms with Crippen LogP contribution in [0.25, 0.3) is 6.08 Å². The highest BCUT2D eigenvalue weighted by atomic mass is 16.8. The molecule has 222 valence electrons. The van der Waals surface area contributed by atoms with Gasteiger partial charge >= 0.3 is 5.97 Å². The Morgan fingerprint density at radius 3 is 2.37 bits per heavy atom. The molecule has 8 heteroatoms. The minimum absolute atomic E-state index is 0.0208. The molecule has 1 unspecified atom stereocenters. The largest absolute Gasteiger partial charge is 0.497 e. The van der Waals surface area contributed by atoms with E-state index in [0.29, 0.717) is 35.7 Å². The third-order valence-corrected chi connectivity index (χ3v) is 7.36. The lowest BCUT2D eigenvalue weighted by Gasteiger charge is -2.23. The van der Waals surface area contributed by atoms with Crippen molar-refractivity contribution in [2.45, 2.75) is 71.7 Å². The zero-order valence-corrected chi connectivity index (χ0v) is 25.0. The summed E-state index contributed by atoms with van der Waals surface area (Å²) in [6.45, 7) is 10.2. The van der Waals surface area contributed by atoms with Crippen LogP contribution in [0, 0.1) is 11.8 Å². The Labute approximate surface area is 243 Å². The van der Waals surface area contributed by atoms with E-state index in [4.69, 9.17) is 33.2 Å². The van der Waals surface area contributed by atoms with Gasteiger partial charge in [0.2, 0.25) is 0 Å². The molecule has 2 heterocycles. The van der Waals surface area contributed by atoms with Gasteiger partial charge in [-0.3, -0.25) is 0 Å². The third-order valence-electron chi connectivity index (χ3n) is 7.36. The molecule has 4 rings (SSSR count). The Bertz CT molecular complexity index is 1230. The van der Waals surface area contributed by atoms with Crippen LogP contribution in [0.2, 0.25) is 0 Å². The lowest BCUT2D eigenvalue weighted by molar-refractivity contribution is -0.148. The molecule has 0 radical (unpaired) electrons. The molecule has 1 saturated heterocycles. The lowest BCUT2D eigenvalue weighted by atomic mass is 9.94. The summed E-state index contributed by atoms with van der Waals surface area (Å²) in [5.41, 5.74) is 1.89. The molecule has 0 amide bonds. The van der Waals surface area contributed by atoms with Crippen molar-refractivity contribution in [2.24, 2.45) is 11.8 Å². The molecule has 0 spiro atoms. The Hall–Kier alpha value is -3.33. The summed E-state index contributed by atoms with van der Waals surface area (Å²) in [5, 5.41) is 0. The summed E-state index contributed by atoms with van der Waals surface area (Å²) in [6.07, 6.45) is 8.05. The molecule has 8 nitrogen and oxygen atoms in total. The summed E-state index contributed by atoms with van der Waals surface area (Å²) in [5.74, 6) is 0.569. The number of carbonyl (C=O) groups excluding carboxylic acids is 1. The van der Waals surface area contributed by atoms with Crippen molar-refractivity contribution in [1.82, 2.24) is 0 Å². The van der Waals surface area contributed by atoms with Gasteiger partial charge in [0.05, 0.1) is 19.3 Å². The number of esters is 1. The average molecular weight is 567 g/mol. The predicted octanol–water partition coefficient (Wildman–Crippen LogP) is 6.57. The van der Waals surface area contributed by atoms with Crippen molar-refractivity contribution in [3.8, 4) is 17.2 Å². The highest BCUT2D eigenvalue weighted by Gasteiger charge is 2.42. The quantitative estimate of drug-likeness (QED) is 0.212. The molecule has 2 aromatic carbocycles. The first kappa shape index (κ1) is 30.6. The van der Waals surface area contributed by atoms with Gasteiger partial charge in [-0.25, -0.2) is 4.79 Å². The van der Waals surface area contributed by atoms with Crippen LogP contribution >= 0.6 is 0 Å². The molecule has 0 aliphatic carbocycles. The Kier molecular flexibility index (Phi) is 10.1. The summed E-state index contributed by atoms with van der Waals surface area (Å²) in [7, 11) is 3.16. The number of benzene rings is 2. The van der Waals surface area contributed by atoms with Gasteiger partial charge in [0.15, 0.2) is 12.6 Å². The zero-order chi connectivity index (χ0) is 29.6. The lowest BCUT2D eigenvalue weighted by Crippen LogP contribution is -2.29. The van der Waals surface area contributed by atoms with E-state index in [-0.39, 0.29) is 36.9 Å². The van der Waals surface area contributed by atoms with Gasteiger partial charge in [-0.05, 0) is 56.5 Å². The van der Waals surface area contributed by atoms with Crippen molar-refractivity contribution < 1.29 is 38.0 Å². The van der Waals surface area contributed by atoms with E-state index < -0.39 is 11.8 Å². The van der Waals surface area contributed by atoms with Gasteiger partial charge in [0.1, 0.15) is 35.5 Å². The molecule has 2 aromatic rings. The average Bonchev–Trinajstić information content (AvgIpc) is 3.27. The number of cyclic esters (lactones) is 1. The standard InChI is InChI=1S/C33H42O8/c1-21-11-12-22(2)31-28(40-33(4,5)41-31)10-8-9-25-17-27(37-19-24-13-15-26(36-7)16-14-24)18-29(38-20-35-6)30(25)32(34)39-23(21)3/h8-9,11-18,21-23,28,31H,10,19-20H2,1-7H3/b9-8+,12-11-/t21-,22?,23+,28+,31-/m1/s1. The second-order valence-electron chi connectivity index (χ2n) is 11.1. The molecule has 0 aromatic heterocycles. The number of hydrogen-bond acceptors (Lipinski definition) is 8. The van der Waals surface area contributed by atoms with Gasteiger partial charge in [-0.1, -0.05) is 50.3 Å². The number of methoxy groups -OCH3 is 2. The fourth-order valence-electron chi connectivity index (χ4n) is 4.94. The molecule has 0 saturated carbocycles.